The van der Waals surface area contributed by atoms with Gasteiger partial charge < -0.3 is 5.84 Å². The zero-order valence-corrected chi connectivity index (χ0v) is 14.0. The molecule has 0 aromatic carbocycles. The molecule has 26 heavy (non-hydrogen) atoms. The highest BCUT2D eigenvalue weighted by Gasteiger charge is 2.38. The molecule has 0 amide bonds. The summed E-state index contributed by atoms with van der Waals surface area (Å²) in [6.45, 7) is 0. The van der Waals surface area contributed by atoms with E-state index in [9.17, 15) is 13.2 Å². The molecule has 134 valence electrons. The molecule has 2 N–H and O–H groups in total. The molecule has 7 nitrogen and oxygen atoms in total. The van der Waals surface area contributed by atoms with E-state index in [-0.39, 0.29) is 5.16 Å². The monoisotopic (exact) mass is 379 g/mol. The number of nitrogens with zero attached hydrogens (tertiary/aromatic N) is 6. The van der Waals surface area contributed by atoms with Gasteiger partial charge in [0.2, 0.25) is 5.16 Å². The molecule has 3 heterocycles. The minimum atomic E-state index is -4.67. The fourth-order valence-corrected chi connectivity index (χ4v) is 3.63. The summed E-state index contributed by atoms with van der Waals surface area (Å²) in [6.07, 6.45) is -0.593. The van der Waals surface area contributed by atoms with Gasteiger partial charge in [-0.3, -0.25) is 4.98 Å². The molecule has 0 fully saturated rings. The highest BCUT2D eigenvalue weighted by molar-refractivity contribution is 7.99. The Kier molecular flexibility index (Phi) is 4.02. The van der Waals surface area contributed by atoms with Crippen LogP contribution in [0.2, 0.25) is 0 Å². The second kappa shape index (κ2) is 6.24. The van der Waals surface area contributed by atoms with Gasteiger partial charge in [-0.05, 0) is 43.2 Å². The Morgan fingerprint density at radius 3 is 2.65 bits per heavy atom. The van der Waals surface area contributed by atoms with Gasteiger partial charge in [-0.25, -0.2) is 14.6 Å². The third-order valence-electron chi connectivity index (χ3n) is 3.90. The molecule has 3 aromatic heterocycles. The largest absolute Gasteiger partial charge is 0.453 e. The Hall–Kier alpha value is -2.69. The van der Waals surface area contributed by atoms with E-state index in [1.807, 2.05) is 6.07 Å². The van der Waals surface area contributed by atoms with Crippen molar-refractivity contribution in [1.29, 1.82) is 0 Å². The maximum atomic E-state index is 12.9. The van der Waals surface area contributed by atoms with Crippen molar-refractivity contribution in [2.24, 2.45) is 0 Å². The van der Waals surface area contributed by atoms with Crippen molar-refractivity contribution in [2.75, 3.05) is 5.84 Å². The van der Waals surface area contributed by atoms with Gasteiger partial charge in [0, 0.05) is 17.5 Å². The van der Waals surface area contributed by atoms with Crippen molar-refractivity contribution in [1.82, 2.24) is 29.8 Å². The molecule has 0 atom stereocenters. The first-order valence-electron chi connectivity index (χ1n) is 7.70. The minimum Gasteiger partial charge on any atom is -0.335 e. The van der Waals surface area contributed by atoms with Gasteiger partial charge >= 0.3 is 6.18 Å². The van der Waals surface area contributed by atoms with E-state index in [0.29, 0.717) is 21.2 Å². The molecule has 0 radical (unpaired) electrons. The zero-order chi connectivity index (χ0) is 18.3. The molecule has 0 saturated carbocycles. The van der Waals surface area contributed by atoms with Gasteiger partial charge in [-0.1, -0.05) is 6.07 Å². The van der Waals surface area contributed by atoms with E-state index < -0.39 is 12.0 Å². The molecular formula is C15H12F3N7S. The number of hydrogen-bond acceptors (Lipinski definition) is 7. The molecule has 11 heteroatoms. The second-order valence-corrected chi connectivity index (χ2v) is 6.58. The maximum Gasteiger partial charge on any atom is 0.453 e. The zero-order valence-electron chi connectivity index (χ0n) is 13.2. The molecule has 0 aliphatic heterocycles. The maximum absolute atomic E-state index is 12.9. The van der Waals surface area contributed by atoms with Crippen LogP contribution in [-0.2, 0) is 19.0 Å². The van der Waals surface area contributed by atoms with E-state index in [1.54, 1.807) is 18.3 Å². The molecule has 0 saturated heterocycles. The molecule has 1 aliphatic carbocycles. The van der Waals surface area contributed by atoms with Crippen LogP contribution in [0.15, 0.2) is 34.6 Å². The van der Waals surface area contributed by atoms with Gasteiger partial charge in [0.05, 0.1) is 0 Å². The van der Waals surface area contributed by atoms with Gasteiger partial charge in [-0.2, -0.15) is 13.2 Å². The Morgan fingerprint density at radius 1 is 1.12 bits per heavy atom. The normalized spacial score (nSPS) is 13.8. The first kappa shape index (κ1) is 16.8. The van der Waals surface area contributed by atoms with E-state index in [4.69, 9.17) is 5.84 Å². The number of aromatic nitrogens is 6. The van der Waals surface area contributed by atoms with Crippen molar-refractivity contribution in [3.05, 3.63) is 41.5 Å². The van der Waals surface area contributed by atoms with Gasteiger partial charge in [0.1, 0.15) is 10.7 Å². The quantitative estimate of drug-likeness (QED) is 0.552. The second-order valence-electron chi connectivity index (χ2n) is 5.62. The van der Waals surface area contributed by atoms with Crippen molar-refractivity contribution in [3.63, 3.8) is 0 Å². The number of hydrogen-bond donors (Lipinski definition) is 1. The topological polar surface area (TPSA) is 95.4 Å². The third-order valence-corrected chi connectivity index (χ3v) is 4.89. The van der Waals surface area contributed by atoms with E-state index in [0.717, 1.165) is 42.3 Å². The minimum absolute atomic E-state index is 0.0860. The number of aryl methyl sites for hydroxylation is 1. The van der Waals surface area contributed by atoms with E-state index >= 15 is 0 Å². The fourth-order valence-electron chi connectivity index (χ4n) is 2.72. The number of nitrogens with two attached hydrogens (primary N) is 1. The van der Waals surface area contributed by atoms with Crippen LogP contribution in [0.3, 0.4) is 0 Å². The predicted octanol–water partition coefficient (Wildman–Crippen LogP) is 2.50. The smallest absolute Gasteiger partial charge is 0.335 e. The van der Waals surface area contributed by atoms with Crippen LogP contribution in [0.4, 0.5) is 13.2 Å². The Bertz CT molecular complexity index is 956. The van der Waals surface area contributed by atoms with Crippen LogP contribution >= 0.6 is 11.8 Å². The highest BCUT2D eigenvalue weighted by Crippen LogP contribution is 2.36. The summed E-state index contributed by atoms with van der Waals surface area (Å²) in [7, 11) is 0. The fraction of sp³-hybridized carbons (Fsp3) is 0.267. The molecule has 1 aliphatic rings. The van der Waals surface area contributed by atoms with E-state index in [2.05, 4.69) is 25.1 Å². The molecule has 3 aromatic rings. The highest BCUT2D eigenvalue weighted by atomic mass is 32.2. The standard InChI is InChI=1S/C15H12F3N7S/c16-15(17,18)13-23-24-14(25(13)19)26-12-8-4-3-6-9(8)21-11(22-12)10-5-1-2-7-20-10/h1-2,5,7H,3-4,6,19H2. The number of fused-ring (bicyclic) bond motifs is 1. The lowest BCUT2D eigenvalue weighted by Gasteiger charge is -2.10. The Balaban J connectivity index is 1.75. The lowest BCUT2D eigenvalue weighted by atomic mass is 10.2. The summed E-state index contributed by atoms with van der Waals surface area (Å²) in [5.74, 6) is 4.70. The van der Waals surface area contributed by atoms with Gasteiger partial charge in [0.15, 0.2) is 5.82 Å². The van der Waals surface area contributed by atoms with Gasteiger partial charge in [-0.15, -0.1) is 10.2 Å². The average molecular weight is 379 g/mol. The summed E-state index contributed by atoms with van der Waals surface area (Å²) in [5.41, 5.74) is 2.38. The predicted molar refractivity (Wildman–Crippen MR) is 86.6 cm³/mol. The van der Waals surface area contributed by atoms with Crippen molar-refractivity contribution >= 4 is 11.8 Å². The summed E-state index contributed by atoms with van der Waals surface area (Å²) in [5, 5.41) is 7.15. The molecule has 4 rings (SSSR count). The summed E-state index contributed by atoms with van der Waals surface area (Å²) in [4.78, 5) is 13.3. The Morgan fingerprint density at radius 2 is 1.96 bits per heavy atom. The van der Waals surface area contributed by atoms with Crippen molar-refractivity contribution in [2.45, 2.75) is 35.6 Å². The molecular weight excluding hydrogens is 367 g/mol. The number of pyridine rings is 1. The van der Waals surface area contributed by atoms with Crippen molar-refractivity contribution in [3.8, 4) is 11.5 Å². The molecule has 0 spiro atoms. The van der Waals surface area contributed by atoms with Crippen LogP contribution in [0.5, 0.6) is 0 Å². The number of nitrogen functional groups attached to an aromatic ring is 1. The summed E-state index contributed by atoms with van der Waals surface area (Å²) in [6, 6.07) is 5.37. The van der Waals surface area contributed by atoms with Crippen LogP contribution in [-0.4, -0.2) is 29.8 Å². The Labute approximate surface area is 149 Å². The van der Waals surface area contributed by atoms with Crippen LogP contribution in [0.1, 0.15) is 23.5 Å². The van der Waals surface area contributed by atoms with Gasteiger partial charge in [0.25, 0.3) is 5.82 Å². The third kappa shape index (κ3) is 2.98. The number of halogens is 3. The first-order valence-corrected chi connectivity index (χ1v) is 8.52. The molecule has 0 unspecified atom stereocenters. The number of alkyl halides is 3. The van der Waals surface area contributed by atoms with Crippen molar-refractivity contribution < 1.29 is 13.2 Å². The SMILES string of the molecule is Nn1c(Sc2nc(-c3ccccn3)nc3c2CCC3)nnc1C(F)(F)F. The lowest BCUT2D eigenvalue weighted by Crippen LogP contribution is -2.21. The average Bonchev–Trinajstić information content (AvgIpc) is 3.22. The summed E-state index contributed by atoms with van der Waals surface area (Å²) < 4.78 is 39.0. The molecule has 0 bridgehead atoms. The van der Waals surface area contributed by atoms with E-state index in [1.165, 1.54) is 0 Å². The van der Waals surface area contributed by atoms with Crippen LogP contribution in [0, 0.1) is 0 Å². The van der Waals surface area contributed by atoms with Crippen LogP contribution in [0.25, 0.3) is 11.5 Å². The number of rotatable bonds is 3. The van der Waals surface area contributed by atoms with Crippen LogP contribution < -0.4 is 5.84 Å². The summed E-state index contributed by atoms with van der Waals surface area (Å²) >= 11 is 0.951. The lowest BCUT2D eigenvalue weighted by molar-refractivity contribution is -0.146. The first-order chi connectivity index (χ1) is 12.4.